The van der Waals surface area contributed by atoms with Crippen LogP contribution in [0.5, 0.6) is 5.88 Å². The quantitative estimate of drug-likeness (QED) is 0.780. The maximum Gasteiger partial charge on any atom is 0.262 e. The van der Waals surface area contributed by atoms with Crippen molar-refractivity contribution in [2.45, 2.75) is 27.7 Å². The molecule has 0 unspecified atom stereocenters. The van der Waals surface area contributed by atoms with Gasteiger partial charge in [-0.15, -0.1) is 11.3 Å². The highest BCUT2D eigenvalue weighted by atomic mass is 32.1. The molecule has 0 radical (unpaired) electrons. The van der Waals surface area contributed by atoms with Gasteiger partial charge < -0.3 is 10.1 Å². The molecule has 1 amide bonds. The monoisotopic (exact) mass is 341 g/mol. The van der Waals surface area contributed by atoms with Crippen molar-refractivity contribution >= 4 is 33.1 Å². The first-order valence-corrected chi connectivity index (χ1v) is 8.48. The number of ether oxygens (including phenoxy) is 1. The van der Waals surface area contributed by atoms with E-state index in [9.17, 15) is 4.79 Å². The lowest BCUT2D eigenvalue weighted by Gasteiger charge is -2.11. The SMILES string of the molecule is Cc1cccc(NC(=O)COc2ncnc3sc(C)c(C)c23)c1C. The number of nitrogens with zero attached hydrogens (tertiary/aromatic N) is 2. The molecule has 5 nitrogen and oxygen atoms in total. The van der Waals surface area contributed by atoms with Crippen LogP contribution in [0.2, 0.25) is 0 Å². The van der Waals surface area contributed by atoms with Gasteiger partial charge in [-0.3, -0.25) is 4.79 Å². The molecular weight excluding hydrogens is 322 g/mol. The summed E-state index contributed by atoms with van der Waals surface area (Å²) in [6.07, 6.45) is 1.47. The second kappa shape index (κ2) is 6.57. The molecule has 1 N–H and O–H groups in total. The topological polar surface area (TPSA) is 64.1 Å². The number of nitrogens with one attached hydrogen (secondary N) is 1. The molecule has 0 saturated heterocycles. The largest absolute Gasteiger partial charge is 0.467 e. The Labute approximate surface area is 144 Å². The van der Waals surface area contributed by atoms with Gasteiger partial charge in [0, 0.05) is 10.6 Å². The van der Waals surface area contributed by atoms with Crippen LogP contribution in [0, 0.1) is 27.7 Å². The lowest BCUT2D eigenvalue weighted by molar-refractivity contribution is -0.118. The van der Waals surface area contributed by atoms with Crippen molar-refractivity contribution in [1.29, 1.82) is 0 Å². The molecule has 1 aromatic carbocycles. The molecule has 24 heavy (non-hydrogen) atoms. The summed E-state index contributed by atoms with van der Waals surface area (Å²) in [7, 11) is 0. The van der Waals surface area contributed by atoms with E-state index < -0.39 is 0 Å². The summed E-state index contributed by atoms with van der Waals surface area (Å²) in [5, 5.41) is 3.77. The molecule has 0 atom stereocenters. The summed E-state index contributed by atoms with van der Waals surface area (Å²) in [5.41, 5.74) is 4.09. The minimum atomic E-state index is -0.208. The summed E-state index contributed by atoms with van der Waals surface area (Å²) in [6, 6.07) is 5.82. The predicted molar refractivity (Wildman–Crippen MR) is 96.9 cm³/mol. The molecule has 0 aliphatic carbocycles. The molecule has 3 aromatic rings. The van der Waals surface area contributed by atoms with Gasteiger partial charge in [-0.25, -0.2) is 9.97 Å². The summed E-state index contributed by atoms with van der Waals surface area (Å²) in [6.45, 7) is 7.96. The zero-order valence-corrected chi connectivity index (χ0v) is 15.0. The van der Waals surface area contributed by atoms with E-state index in [4.69, 9.17) is 4.74 Å². The first kappa shape index (κ1) is 16.4. The van der Waals surface area contributed by atoms with Crippen molar-refractivity contribution in [1.82, 2.24) is 9.97 Å². The first-order valence-electron chi connectivity index (χ1n) is 7.67. The van der Waals surface area contributed by atoms with E-state index in [1.54, 1.807) is 11.3 Å². The summed E-state index contributed by atoms with van der Waals surface area (Å²) in [4.78, 5) is 22.7. The van der Waals surface area contributed by atoms with Gasteiger partial charge in [0.2, 0.25) is 5.88 Å². The van der Waals surface area contributed by atoms with Gasteiger partial charge in [0.25, 0.3) is 5.91 Å². The number of benzene rings is 1. The molecular formula is C18H19N3O2S. The third-order valence-electron chi connectivity index (χ3n) is 4.15. The molecule has 0 fully saturated rings. The number of carbonyl (C=O) groups is 1. The van der Waals surface area contributed by atoms with E-state index >= 15 is 0 Å². The Morgan fingerprint density at radius 1 is 1.17 bits per heavy atom. The Bertz CT molecular complexity index is 918. The smallest absolute Gasteiger partial charge is 0.262 e. The minimum absolute atomic E-state index is 0.0895. The Balaban J connectivity index is 1.74. The average Bonchev–Trinajstić information content (AvgIpc) is 2.85. The van der Waals surface area contributed by atoms with E-state index in [0.29, 0.717) is 5.88 Å². The number of thiophene rings is 1. The van der Waals surface area contributed by atoms with Crippen LogP contribution in [0.25, 0.3) is 10.2 Å². The molecule has 2 heterocycles. The van der Waals surface area contributed by atoms with Crippen molar-refractivity contribution < 1.29 is 9.53 Å². The molecule has 124 valence electrons. The van der Waals surface area contributed by atoms with Crippen LogP contribution < -0.4 is 10.1 Å². The fourth-order valence-corrected chi connectivity index (χ4v) is 3.45. The van der Waals surface area contributed by atoms with Gasteiger partial charge in [-0.1, -0.05) is 12.1 Å². The second-order valence-corrected chi connectivity index (χ2v) is 6.93. The lowest BCUT2D eigenvalue weighted by Crippen LogP contribution is -2.21. The second-order valence-electron chi connectivity index (χ2n) is 5.73. The number of hydrogen-bond acceptors (Lipinski definition) is 5. The lowest BCUT2D eigenvalue weighted by atomic mass is 10.1. The van der Waals surface area contributed by atoms with Gasteiger partial charge in [-0.05, 0) is 50.5 Å². The highest BCUT2D eigenvalue weighted by Gasteiger charge is 2.14. The minimum Gasteiger partial charge on any atom is -0.467 e. The normalized spacial score (nSPS) is 10.8. The molecule has 6 heteroatoms. The summed E-state index contributed by atoms with van der Waals surface area (Å²) in [5.74, 6) is 0.248. The first-order chi connectivity index (χ1) is 11.5. The predicted octanol–water partition coefficient (Wildman–Crippen LogP) is 3.94. The molecule has 0 aliphatic rings. The zero-order chi connectivity index (χ0) is 17.3. The van der Waals surface area contributed by atoms with Crippen LogP contribution in [-0.4, -0.2) is 22.5 Å². The van der Waals surface area contributed by atoms with Crippen LogP contribution in [0.1, 0.15) is 21.6 Å². The third kappa shape index (κ3) is 3.10. The maximum absolute atomic E-state index is 12.2. The van der Waals surface area contributed by atoms with Crippen molar-refractivity contribution in [2.24, 2.45) is 0 Å². The van der Waals surface area contributed by atoms with E-state index in [-0.39, 0.29) is 12.5 Å². The summed E-state index contributed by atoms with van der Waals surface area (Å²) >= 11 is 1.60. The number of rotatable bonds is 4. The molecule has 3 rings (SSSR count). The van der Waals surface area contributed by atoms with Gasteiger partial charge in [0.05, 0.1) is 5.39 Å². The van der Waals surface area contributed by atoms with Crippen molar-refractivity contribution in [3.63, 3.8) is 0 Å². The number of fused-ring (bicyclic) bond motifs is 1. The standard InChI is InChI=1S/C18H19N3O2S/c1-10-6-5-7-14(11(10)2)21-15(22)8-23-17-16-12(3)13(4)24-18(16)20-9-19-17/h5-7,9H,8H2,1-4H3,(H,21,22). The number of aromatic nitrogens is 2. The van der Waals surface area contributed by atoms with Gasteiger partial charge in [-0.2, -0.15) is 0 Å². The highest BCUT2D eigenvalue weighted by molar-refractivity contribution is 7.18. The van der Waals surface area contributed by atoms with Crippen LogP contribution in [-0.2, 0) is 4.79 Å². The van der Waals surface area contributed by atoms with Crippen molar-refractivity contribution in [3.05, 3.63) is 46.1 Å². The Morgan fingerprint density at radius 3 is 2.75 bits per heavy atom. The van der Waals surface area contributed by atoms with Gasteiger partial charge >= 0.3 is 0 Å². The summed E-state index contributed by atoms with van der Waals surface area (Å²) < 4.78 is 5.66. The van der Waals surface area contributed by atoms with Crippen molar-refractivity contribution in [3.8, 4) is 5.88 Å². The number of carbonyl (C=O) groups excluding carboxylic acids is 1. The highest BCUT2D eigenvalue weighted by Crippen LogP contribution is 2.33. The molecule has 2 aromatic heterocycles. The fraction of sp³-hybridized carbons (Fsp3) is 0.278. The number of amides is 1. The average molecular weight is 341 g/mol. The van der Waals surface area contributed by atoms with E-state index in [1.165, 1.54) is 11.2 Å². The molecule has 0 saturated carbocycles. The number of hydrogen-bond donors (Lipinski definition) is 1. The molecule has 0 spiro atoms. The van der Waals surface area contributed by atoms with Gasteiger partial charge in [0.1, 0.15) is 11.2 Å². The van der Waals surface area contributed by atoms with Crippen LogP contribution in [0.4, 0.5) is 5.69 Å². The molecule has 0 bridgehead atoms. The van der Waals surface area contributed by atoms with Crippen LogP contribution >= 0.6 is 11.3 Å². The number of anilines is 1. The van der Waals surface area contributed by atoms with E-state index in [1.807, 2.05) is 45.9 Å². The maximum atomic E-state index is 12.2. The molecule has 0 aliphatic heterocycles. The third-order valence-corrected chi connectivity index (χ3v) is 5.26. The van der Waals surface area contributed by atoms with E-state index in [0.717, 1.165) is 32.6 Å². The van der Waals surface area contributed by atoms with Crippen LogP contribution in [0.15, 0.2) is 24.5 Å². The Hall–Kier alpha value is -2.47. The number of aryl methyl sites for hydroxylation is 3. The Morgan fingerprint density at radius 2 is 1.96 bits per heavy atom. The Kier molecular flexibility index (Phi) is 4.49. The fourth-order valence-electron chi connectivity index (χ4n) is 2.47. The van der Waals surface area contributed by atoms with Crippen LogP contribution in [0.3, 0.4) is 0 Å². The van der Waals surface area contributed by atoms with Crippen molar-refractivity contribution in [2.75, 3.05) is 11.9 Å². The van der Waals surface area contributed by atoms with Gasteiger partial charge in [0.15, 0.2) is 6.61 Å². The zero-order valence-electron chi connectivity index (χ0n) is 14.1. The van der Waals surface area contributed by atoms with E-state index in [2.05, 4.69) is 15.3 Å².